The van der Waals surface area contributed by atoms with Crippen LogP contribution in [0, 0.1) is 0 Å². The van der Waals surface area contributed by atoms with E-state index in [-0.39, 0.29) is 4.90 Å². The summed E-state index contributed by atoms with van der Waals surface area (Å²) in [7, 11) is 1.54. The van der Waals surface area contributed by atoms with Gasteiger partial charge in [-0.25, -0.2) is 8.42 Å². The fourth-order valence-electron chi connectivity index (χ4n) is 1.22. The van der Waals surface area contributed by atoms with Crippen LogP contribution in [0.3, 0.4) is 0 Å². The molecule has 0 spiro atoms. The number of nitrogens with one attached hydrogen (secondary N) is 1. The standard InChI is InChI=1S/C8H7ClN2O2S/c9-14(12,13)6-1-2-7-8(5-6)11-4-3-10-7/h1-2,4-5,10H,3H2. The molecule has 74 valence electrons. The second-order valence-electron chi connectivity index (χ2n) is 2.81. The van der Waals surface area contributed by atoms with Crippen molar-refractivity contribution in [3.8, 4) is 0 Å². The average molecular weight is 231 g/mol. The van der Waals surface area contributed by atoms with Crippen molar-refractivity contribution >= 4 is 37.3 Å². The van der Waals surface area contributed by atoms with Gasteiger partial charge in [-0.3, -0.25) is 4.99 Å². The van der Waals surface area contributed by atoms with Crippen molar-refractivity contribution in [1.29, 1.82) is 0 Å². The molecule has 14 heavy (non-hydrogen) atoms. The maximum atomic E-state index is 11.0. The third kappa shape index (κ3) is 1.73. The van der Waals surface area contributed by atoms with E-state index in [1.165, 1.54) is 12.1 Å². The Morgan fingerprint density at radius 2 is 2.21 bits per heavy atom. The Balaban J connectivity index is 2.56. The van der Waals surface area contributed by atoms with E-state index in [4.69, 9.17) is 10.7 Å². The first-order valence-electron chi connectivity index (χ1n) is 3.92. The van der Waals surface area contributed by atoms with Gasteiger partial charge in [0.25, 0.3) is 9.05 Å². The van der Waals surface area contributed by atoms with Gasteiger partial charge in [-0.1, -0.05) is 0 Å². The molecule has 0 saturated heterocycles. The molecule has 1 aromatic carbocycles. The number of hydrogen-bond acceptors (Lipinski definition) is 4. The van der Waals surface area contributed by atoms with Crippen LogP contribution in [0.5, 0.6) is 0 Å². The van der Waals surface area contributed by atoms with Gasteiger partial charge in [0.2, 0.25) is 0 Å². The minimum absolute atomic E-state index is 0.0683. The molecule has 6 heteroatoms. The molecule has 0 radical (unpaired) electrons. The van der Waals surface area contributed by atoms with Gasteiger partial charge in [0.1, 0.15) is 0 Å². The van der Waals surface area contributed by atoms with E-state index in [1.807, 2.05) is 0 Å². The monoisotopic (exact) mass is 230 g/mol. The largest absolute Gasteiger partial charge is 0.378 e. The molecular formula is C8H7ClN2O2S. The Morgan fingerprint density at radius 3 is 2.93 bits per heavy atom. The lowest BCUT2D eigenvalue weighted by atomic mass is 10.2. The summed E-state index contributed by atoms with van der Waals surface area (Å²) >= 11 is 0. The number of anilines is 1. The molecule has 0 atom stereocenters. The van der Waals surface area contributed by atoms with Gasteiger partial charge in [-0.2, -0.15) is 0 Å². The molecule has 2 rings (SSSR count). The molecule has 0 unspecified atom stereocenters. The van der Waals surface area contributed by atoms with Gasteiger partial charge < -0.3 is 5.32 Å². The summed E-state index contributed by atoms with van der Waals surface area (Å²) in [6.45, 7) is 0.653. The van der Waals surface area contributed by atoms with Crippen LogP contribution < -0.4 is 5.32 Å². The molecule has 1 aliphatic rings. The second-order valence-corrected chi connectivity index (χ2v) is 5.38. The molecule has 0 amide bonds. The molecular weight excluding hydrogens is 224 g/mol. The number of benzene rings is 1. The molecule has 0 aromatic heterocycles. The van der Waals surface area contributed by atoms with Gasteiger partial charge in [0, 0.05) is 16.9 Å². The van der Waals surface area contributed by atoms with Gasteiger partial charge in [-0.15, -0.1) is 0 Å². The average Bonchev–Trinajstić information content (AvgIpc) is 2.16. The van der Waals surface area contributed by atoms with Crippen molar-refractivity contribution in [3.63, 3.8) is 0 Å². The van der Waals surface area contributed by atoms with Crippen LogP contribution in [-0.2, 0) is 9.05 Å². The molecule has 0 fully saturated rings. The van der Waals surface area contributed by atoms with Gasteiger partial charge in [0.15, 0.2) is 0 Å². The zero-order chi connectivity index (χ0) is 10.2. The molecule has 1 heterocycles. The third-order valence-corrected chi connectivity index (χ3v) is 3.22. The van der Waals surface area contributed by atoms with Gasteiger partial charge in [-0.05, 0) is 18.2 Å². The molecule has 1 aromatic rings. The summed E-state index contributed by atoms with van der Waals surface area (Å²) in [6.07, 6.45) is 1.67. The number of nitrogens with zero attached hydrogens (tertiary/aromatic N) is 1. The van der Waals surface area contributed by atoms with Crippen LogP contribution >= 0.6 is 10.7 Å². The van der Waals surface area contributed by atoms with Crippen molar-refractivity contribution in [2.45, 2.75) is 4.90 Å². The molecule has 0 saturated carbocycles. The van der Waals surface area contributed by atoms with Crippen LogP contribution in [-0.4, -0.2) is 21.2 Å². The Hall–Kier alpha value is -1.07. The molecule has 0 bridgehead atoms. The number of rotatable bonds is 1. The lowest BCUT2D eigenvalue weighted by molar-refractivity contribution is 0.609. The Labute approximate surface area is 86.0 Å². The van der Waals surface area contributed by atoms with Crippen molar-refractivity contribution in [3.05, 3.63) is 18.2 Å². The molecule has 1 aliphatic heterocycles. The van der Waals surface area contributed by atoms with Gasteiger partial charge >= 0.3 is 0 Å². The van der Waals surface area contributed by atoms with Crippen LogP contribution in [0.4, 0.5) is 11.4 Å². The minimum Gasteiger partial charge on any atom is -0.378 e. The highest BCUT2D eigenvalue weighted by atomic mass is 35.7. The topological polar surface area (TPSA) is 58.5 Å². The third-order valence-electron chi connectivity index (χ3n) is 1.86. The maximum absolute atomic E-state index is 11.0. The lowest BCUT2D eigenvalue weighted by Gasteiger charge is -2.12. The van der Waals surface area contributed by atoms with E-state index in [9.17, 15) is 8.42 Å². The predicted molar refractivity (Wildman–Crippen MR) is 56.1 cm³/mol. The van der Waals surface area contributed by atoms with Crippen LogP contribution in [0.1, 0.15) is 0 Å². The normalized spacial score (nSPS) is 14.6. The highest BCUT2D eigenvalue weighted by Crippen LogP contribution is 2.30. The van der Waals surface area contributed by atoms with Crippen LogP contribution in [0.25, 0.3) is 0 Å². The fourth-order valence-corrected chi connectivity index (χ4v) is 1.99. The Kier molecular flexibility index (Phi) is 2.20. The van der Waals surface area contributed by atoms with Gasteiger partial charge in [0.05, 0.1) is 22.8 Å². The highest BCUT2D eigenvalue weighted by molar-refractivity contribution is 8.13. The number of aliphatic imine (C=N–C) groups is 1. The van der Waals surface area contributed by atoms with Crippen LogP contribution in [0.15, 0.2) is 28.1 Å². The summed E-state index contributed by atoms with van der Waals surface area (Å²) in [5, 5.41) is 3.05. The minimum atomic E-state index is -3.67. The molecule has 0 aliphatic carbocycles. The van der Waals surface area contributed by atoms with E-state index in [0.717, 1.165) is 5.69 Å². The number of halogens is 1. The summed E-state index contributed by atoms with van der Waals surface area (Å²) in [6, 6.07) is 4.55. The smallest absolute Gasteiger partial charge is 0.261 e. The summed E-state index contributed by atoms with van der Waals surface area (Å²) in [5.41, 5.74) is 1.41. The van der Waals surface area contributed by atoms with E-state index in [1.54, 1.807) is 12.3 Å². The van der Waals surface area contributed by atoms with Crippen molar-refractivity contribution < 1.29 is 8.42 Å². The first-order chi connectivity index (χ1) is 6.57. The number of hydrogen-bond donors (Lipinski definition) is 1. The quantitative estimate of drug-likeness (QED) is 0.748. The SMILES string of the molecule is O=S(=O)(Cl)c1ccc2c(c1)N=CCN2. The Bertz CT molecular complexity index is 496. The Morgan fingerprint density at radius 1 is 1.43 bits per heavy atom. The summed E-state index contributed by atoms with van der Waals surface area (Å²) < 4.78 is 22.0. The number of fused-ring (bicyclic) bond motifs is 1. The maximum Gasteiger partial charge on any atom is 0.261 e. The second kappa shape index (κ2) is 3.25. The fraction of sp³-hybridized carbons (Fsp3) is 0.125. The highest BCUT2D eigenvalue weighted by Gasteiger charge is 2.13. The van der Waals surface area contributed by atoms with E-state index in [2.05, 4.69) is 10.3 Å². The first-order valence-corrected chi connectivity index (χ1v) is 6.23. The predicted octanol–water partition coefficient (Wildman–Crippen LogP) is 1.74. The van der Waals surface area contributed by atoms with Crippen molar-refractivity contribution in [2.75, 3.05) is 11.9 Å². The van der Waals surface area contributed by atoms with Crippen molar-refractivity contribution in [1.82, 2.24) is 0 Å². The summed E-state index contributed by atoms with van der Waals surface area (Å²) in [5.74, 6) is 0. The molecule has 4 nitrogen and oxygen atoms in total. The zero-order valence-electron chi connectivity index (χ0n) is 7.07. The van der Waals surface area contributed by atoms with E-state index >= 15 is 0 Å². The zero-order valence-corrected chi connectivity index (χ0v) is 8.64. The first kappa shape index (κ1) is 9.48. The molecule has 1 N–H and O–H groups in total. The van der Waals surface area contributed by atoms with Crippen LogP contribution in [0.2, 0.25) is 0 Å². The lowest BCUT2D eigenvalue weighted by Crippen LogP contribution is -2.06. The van der Waals surface area contributed by atoms with Crippen molar-refractivity contribution in [2.24, 2.45) is 4.99 Å². The summed E-state index contributed by atoms with van der Waals surface area (Å²) in [4.78, 5) is 4.12. The van der Waals surface area contributed by atoms with E-state index in [0.29, 0.717) is 12.2 Å². The van der Waals surface area contributed by atoms with E-state index < -0.39 is 9.05 Å².